The van der Waals surface area contributed by atoms with Crippen molar-refractivity contribution in [1.82, 2.24) is 0 Å². The van der Waals surface area contributed by atoms with Gasteiger partial charge < -0.3 is 28.2 Å². The minimum Gasteiger partial charge on any atom is -0.415 e. The minimum atomic E-state index is -1.95. The molecule has 1 fully saturated rings. The van der Waals surface area contributed by atoms with E-state index in [4.69, 9.17) is 18.0 Å². The predicted molar refractivity (Wildman–Crippen MR) is 103 cm³/mol. The van der Waals surface area contributed by atoms with Crippen molar-refractivity contribution >= 4 is 25.0 Å². The van der Waals surface area contributed by atoms with Crippen molar-refractivity contribution in [3.8, 4) is 0 Å². The Balaban J connectivity index is 2.96. The molecule has 144 valence electrons. The first-order valence-electron chi connectivity index (χ1n) is 8.60. The summed E-state index contributed by atoms with van der Waals surface area (Å²) in [6.07, 6.45) is -3.92. The molecular weight excluding hydrogens is 360 g/mol. The molecular formula is C15H36O6Si3. The molecule has 1 heterocycles. The van der Waals surface area contributed by atoms with Gasteiger partial charge in [-0.2, -0.15) is 0 Å². The summed E-state index contributed by atoms with van der Waals surface area (Å²) in [5, 5.41) is 21.3. The molecule has 9 heteroatoms. The van der Waals surface area contributed by atoms with E-state index in [9.17, 15) is 10.2 Å². The second kappa shape index (κ2) is 7.97. The second-order valence-electron chi connectivity index (χ2n) is 9.37. The normalized spacial score (nSPS) is 32.9. The zero-order chi connectivity index (χ0) is 18.9. The van der Waals surface area contributed by atoms with Crippen LogP contribution in [0.4, 0.5) is 0 Å². The van der Waals surface area contributed by atoms with Crippen LogP contribution in [0.25, 0.3) is 0 Å². The molecule has 24 heavy (non-hydrogen) atoms. The molecule has 0 bridgehead atoms. The molecule has 1 rings (SSSR count). The van der Waals surface area contributed by atoms with Crippen LogP contribution in [-0.2, 0) is 18.0 Å². The molecule has 1 saturated heterocycles. The molecule has 2 N–H and O–H groups in total. The average Bonchev–Trinajstić information content (AvgIpc) is 2.32. The third kappa shape index (κ3) is 7.75. The van der Waals surface area contributed by atoms with E-state index in [1.165, 1.54) is 0 Å². The molecule has 0 radical (unpaired) electrons. The summed E-state index contributed by atoms with van der Waals surface area (Å²) >= 11 is 0. The van der Waals surface area contributed by atoms with Gasteiger partial charge in [0.1, 0.15) is 24.4 Å². The van der Waals surface area contributed by atoms with Crippen molar-refractivity contribution in [2.45, 2.75) is 89.6 Å². The smallest absolute Gasteiger partial charge is 0.184 e. The van der Waals surface area contributed by atoms with E-state index in [1.54, 1.807) is 0 Å². The van der Waals surface area contributed by atoms with Crippen molar-refractivity contribution in [1.29, 1.82) is 0 Å². The molecule has 0 saturated carbocycles. The second-order valence-corrected chi connectivity index (χ2v) is 22.8. The first-order valence-corrected chi connectivity index (χ1v) is 18.8. The lowest BCUT2D eigenvalue weighted by atomic mass is 9.99. The van der Waals surface area contributed by atoms with Gasteiger partial charge in [0.05, 0.1) is 6.61 Å². The Morgan fingerprint density at radius 3 is 1.62 bits per heavy atom. The Labute approximate surface area is 149 Å². The van der Waals surface area contributed by atoms with E-state index in [0.29, 0.717) is 0 Å². The van der Waals surface area contributed by atoms with Crippen molar-refractivity contribution < 1.29 is 28.2 Å². The first kappa shape index (κ1) is 22.5. The van der Waals surface area contributed by atoms with Crippen molar-refractivity contribution in [2.75, 3.05) is 6.61 Å². The highest BCUT2D eigenvalue weighted by Crippen LogP contribution is 2.29. The fourth-order valence-electron chi connectivity index (χ4n) is 2.45. The molecule has 5 atom stereocenters. The number of aliphatic hydroxyl groups excluding tert-OH is 2. The molecule has 0 aromatic heterocycles. The van der Waals surface area contributed by atoms with E-state index < -0.39 is 55.7 Å². The summed E-state index contributed by atoms with van der Waals surface area (Å²) in [4.78, 5) is 0. The highest BCUT2D eigenvalue weighted by atomic mass is 28.4. The molecule has 0 aliphatic carbocycles. The topological polar surface area (TPSA) is 77.4 Å². The summed E-state index contributed by atoms with van der Waals surface area (Å²) < 4.78 is 23.8. The third-order valence-corrected chi connectivity index (χ3v) is 6.29. The van der Waals surface area contributed by atoms with Crippen LogP contribution in [0, 0.1) is 0 Å². The van der Waals surface area contributed by atoms with Crippen LogP contribution >= 0.6 is 0 Å². The standard InChI is InChI=1S/C15H36O6Si3/c1-22(2,3)18-10-11-12(16)13(20-23(4,5)6)14(15(17)19-11)21-24(7,8)9/h11-17H,10H2,1-9H3/t11-,12-,13+,14-,15-/m1/s1. The van der Waals surface area contributed by atoms with Gasteiger partial charge in [0.2, 0.25) is 0 Å². The van der Waals surface area contributed by atoms with Gasteiger partial charge in [0.25, 0.3) is 0 Å². The van der Waals surface area contributed by atoms with Crippen LogP contribution in [-0.4, -0.2) is 72.5 Å². The molecule has 1 aliphatic heterocycles. The van der Waals surface area contributed by atoms with Gasteiger partial charge in [-0.05, 0) is 58.9 Å². The largest absolute Gasteiger partial charge is 0.415 e. The lowest BCUT2D eigenvalue weighted by Gasteiger charge is -2.46. The Morgan fingerprint density at radius 2 is 1.21 bits per heavy atom. The fraction of sp³-hybridized carbons (Fsp3) is 1.00. The number of hydrogen-bond donors (Lipinski definition) is 2. The molecule has 6 nitrogen and oxygen atoms in total. The zero-order valence-electron chi connectivity index (χ0n) is 16.6. The van der Waals surface area contributed by atoms with Crippen molar-refractivity contribution in [3.63, 3.8) is 0 Å². The molecule has 1 aliphatic rings. The van der Waals surface area contributed by atoms with E-state index in [1.807, 2.05) is 19.6 Å². The van der Waals surface area contributed by atoms with Crippen LogP contribution in [0.15, 0.2) is 0 Å². The lowest BCUT2D eigenvalue weighted by Crippen LogP contribution is -2.64. The summed E-state index contributed by atoms with van der Waals surface area (Å²) in [6.45, 7) is 18.8. The van der Waals surface area contributed by atoms with Crippen LogP contribution in [0.2, 0.25) is 58.9 Å². The quantitative estimate of drug-likeness (QED) is 0.643. The van der Waals surface area contributed by atoms with Crippen molar-refractivity contribution in [2.24, 2.45) is 0 Å². The molecule has 0 aromatic rings. The predicted octanol–water partition coefficient (Wildman–Crippen LogP) is 2.36. The third-order valence-electron chi connectivity index (χ3n) is 3.30. The SMILES string of the molecule is C[Si](C)(C)OC[C@H]1O[C@@H](O)[C@H](O[Si](C)(C)C)[C@@H](O[Si](C)(C)C)[C@@H]1O. The molecule has 0 aromatic carbocycles. The number of rotatable bonds is 7. The highest BCUT2D eigenvalue weighted by Gasteiger charge is 2.49. The van der Waals surface area contributed by atoms with Gasteiger partial charge in [0.15, 0.2) is 31.2 Å². The van der Waals surface area contributed by atoms with Crippen LogP contribution in [0.1, 0.15) is 0 Å². The maximum atomic E-state index is 10.8. The van der Waals surface area contributed by atoms with Crippen molar-refractivity contribution in [3.05, 3.63) is 0 Å². The minimum absolute atomic E-state index is 0.249. The van der Waals surface area contributed by atoms with E-state index in [-0.39, 0.29) is 6.61 Å². The summed E-state index contributed by atoms with van der Waals surface area (Å²) in [5.41, 5.74) is 0. The van der Waals surface area contributed by atoms with Gasteiger partial charge in [-0.25, -0.2) is 0 Å². The van der Waals surface area contributed by atoms with Gasteiger partial charge in [-0.1, -0.05) is 0 Å². The van der Waals surface area contributed by atoms with E-state index >= 15 is 0 Å². The molecule has 0 unspecified atom stereocenters. The van der Waals surface area contributed by atoms with E-state index in [0.717, 1.165) is 0 Å². The van der Waals surface area contributed by atoms with E-state index in [2.05, 4.69) is 39.3 Å². The maximum Gasteiger partial charge on any atom is 0.184 e. The number of ether oxygens (including phenoxy) is 1. The summed E-state index contributed by atoms with van der Waals surface area (Å²) in [5.74, 6) is 0. The summed E-state index contributed by atoms with van der Waals surface area (Å²) in [7, 11) is -5.64. The van der Waals surface area contributed by atoms with Gasteiger partial charge in [-0.15, -0.1) is 0 Å². The van der Waals surface area contributed by atoms with Gasteiger partial charge >= 0.3 is 0 Å². The Hall–Kier alpha value is 0.411. The number of aliphatic hydroxyl groups is 2. The van der Waals surface area contributed by atoms with Crippen LogP contribution < -0.4 is 0 Å². The molecule has 0 spiro atoms. The Morgan fingerprint density at radius 1 is 0.750 bits per heavy atom. The molecule has 0 amide bonds. The van der Waals surface area contributed by atoms with Gasteiger partial charge in [0, 0.05) is 0 Å². The van der Waals surface area contributed by atoms with Crippen LogP contribution in [0.3, 0.4) is 0 Å². The van der Waals surface area contributed by atoms with Gasteiger partial charge in [-0.3, -0.25) is 0 Å². The zero-order valence-corrected chi connectivity index (χ0v) is 19.6. The maximum absolute atomic E-state index is 10.8. The number of hydrogen-bond acceptors (Lipinski definition) is 6. The monoisotopic (exact) mass is 396 g/mol. The Bertz CT molecular complexity index is 401. The van der Waals surface area contributed by atoms with Crippen LogP contribution in [0.5, 0.6) is 0 Å². The Kier molecular flexibility index (Phi) is 7.46. The summed E-state index contributed by atoms with van der Waals surface area (Å²) in [6, 6.07) is 0. The highest BCUT2D eigenvalue weighted by molar-refractivity contribution is 6.70. The first-order chi connectivity index (χ1) is 10.6. The lowest BCUT2D eigenvalue weighted by molar-refractivity contribution is -0.278. The average molecular weight is 397 g/mol. The fourth-order valence-corrected chi connectivity index (χ4v) is 5.28.